The summed E-state index contributed by atoms with van der Waals surface area (Å²) in [6.07, 6.45) is -0.401. The van der Waals surface area contributed by atoms with Gasteiger partial charge in [-0.25, -0.2) is 4.98 Å². The molecule has 4 nitrogen and oxygen atoms in total. The minimum atomic E-state index is -0.401. The number of hydrogen-bond donors (Lipinski definition) is 0. The number of rotatable bonds is 7. The van der Waals surface area contributed by atoms with Crippen molar-refractivity contribution >= 4 is 17.8 Å². The van der Waals surface area contributed by atoms with E-state index in [9.17, 15) is 4.79 Å². The Balaban J connectivity index is 2.30. The Morgan fingerprint density at radius 3 is 2.75 bits per heavy atom. The third-order valence-corrected chi connectivity index (χ3v) is 4.01. The molecule has 0 radical (unpaired) electrons. The van der Waals surface area contributed by atoms with Crippen LogP contribution < -0.4 is 0 Å². The van der Waals surface area contributed by atoms with Gasteiger partial charge in [-0.3, -0.25) is 4.79 Å². The van der Waals surface area contributed by atoms with Crippen LogP contribution in [0, 0.1) is 6.92 Å². The second-order valence-electron chi connectivity index (χ2n) is 4.22. The molecule has 0 bridgehead atoms. The van der Waals surface area contributed by atoms with Crippen LogP contribution in [0.15, 0.2) is 30.3 Å². The lowest BCUT2D eigenvalue weighted by molar-refractivity contribution is -0.132. The van der Waals surface area contributed by atoms with Gasteiger partial charge in [0.15, 0.2) is 6.10 Å². The Morgan fingerprint density at radius 1 is 1.35 bits per heavy atom. The molecule has 0 saturated heterocycles. The van der Waals surface area contributed by atoms with E-state index in [1.165, 1.54) is 11.3 Å². The van der Waals surface area contributed by atoms with Crippen molar-refractivity contribution in [3.8, 4) is 0 Å². The summed E-state index contributed by atoms with van der Waals surface area (Å²) < 4.78 is 10.6. The summed E-state index contributed by atoms with van der Waals surface area (Å²) in [7, 11) is 0. The van der Waals surface area contributed by atoms with Crippen LogP contribution in [0.4, 0.5) is 0 Å². The lowest BCUT2D eigenvalue weighted by Crippen LogP contribution is -2.04. The molecule has 106 valence electrons. The molecule has 0 N–H and O–H groups in total. The van der Waals surface area contributed by atoms with Crippen molar-refractivity contribution in [2.24, 2.45) is 0 Å². The van der Waals surface area contributed by atoms with Gasteiger partial charge in [-0.1, -0.05) is 30.3 Å². The molecule has 2 aromatic rings. The van der Waals surface area contributed by atoms with Gasteiger partial charge in [0.1, 0.15) is 5.01 Å². The summed E-state index contributed by atoms with van der Waals surface area (Å²) in [5.74, 6) is 0. The Kier molecular flexibility index (Phi) is 5.26. The van der Waals surface area contributed by atoms with Crippen LogP contribution in [0.1, 0.15) is 34.2 Å². The average molecular weight is 291 g/mol. The predicted molar refractivity (Wildman–Crippen MR) is 77.6 cm³/mol. The van der Waals surface area contributed by atoms with Crippen LogP contribution >= 0.6 is 11.3 Å². The van der Waals surface area contributed by atoms with Crippen LogP contribution in [0.3, 0.4) is 0 Å². The van der Waals surface area contributed by atoms with Crippen molar-refractivity contribution in [2.45, 2.75) is 26.6 Å². The fraction of sp³-hybridized carbons (Fsp3) is 0.333. The standard InChI is InChI=1S/C15H17NO3S/c1-3-18-9-13-16-11(2)15(20-13)14(19-10-17)12-7-5-4-6-8-12/h4-8,10,14H,3,9H2,1-2H3. The lowest BCUT2D eigenvalue weighted by Gasteiger charge is -2.14. The fourth-order valence-corrected chi connectivity index (χ4v) is 3.01. The minimum absolute atomic E-state index is 0.401. The minimum Gasteiger partial charge on any atom is -0.454 e. The second kappa shape index (κ2) is 7.17. The smallest absolute Gasteiger partial charge is 0.294 e. The SMILES string of the molecule is CCOCc1nc(C)c(C(OC=O)c2ccccc2)s1. The van der Waals surface area contributed by atoms with E-state index in [1.54, 1.807) is 0 Å². The number of carbonyl (C=O) groups excluding carboxylic acids is 1. The Bertz CT molecular complexity index is 554. The van der Waals surface area contributed by atoms with Crippen LogP contribution in [0.2, 0.25) is 0 Å². The van der Waals surface area contributed by atoms with E-state index in [4.69, 9.17) is 9.47 Å². The normalized spacial score (nSPS) is 12.1. The molecule has 0 aliphatic rings. The van der Waals surface area contributed by atoms with E-state index in [0.717, 1.165) is 21.1 Å². The van der Waals surface area contributed by atoms with E-state index < -0.39 is 6.10 Å². The molecule has 0 fully saturated rings. The number of carbonyl (C=O) groups is 1. The van der Waals surface area contributed by atoms with Gasteiger partial charge in [-0.15, -0.1) is 11.3 Å². The van der Waals surface area contributed by atoms with Crippen molar-refractivity contribution < 1.29 is 14.3 Å². The quantitative estimate of drug-likeness (QED) is 0.735. The molecule has 1 unspecified atom stereocenters. The Hall–Kier alpha value is -1.72. The molecule has 20 heavy (non-hydrogen) atoms. The molecular formula is C15H17NO3S. The largest absolute Gasteiger partial charge is 0.454 e. The third kappa shape index (κ3) is 3.43. The van der Waals surface area contributed by atoms with Crippen LogP contribution in [-0.4, -0.2) is 18.1 Å². The highest BCUT2D eigenvalue weighted by Gasteiger charge is 2.21. The molecule has 1 aromatic heterocycles. The molecule has 1 heterocycles. The van der Waals surface area contributed by atoms with Crippen LogP contribution in [0.5, 0.6) is 0 Å². The fourth-order valence-electron chi connectivity index (χ4n) is 1.94. The van der Waals surface area contributed by atoms with Gasteiger partial charge in [0.05, 0.1) is 17.2 Å². The second-order valence-corrected chi connectivity index (χ2v) is 5.33. The maximum Gasteiger partial charge on any atom is 0.294 e. The molecule has 1 atom stereocenters. The highest BCUT2D eigenvalue weighted by molar-refractivity contribution is 7.11. The first-order valence-corrected chi connectivity index (χ1v) is 7.26. The van der Waals surface area contributed by atoms with E-state index in [1.807, 2.05) is 44.2 Å². The van der Waals surface area contributed by atoms with Crippen LogP contribution in [0.25, 0.3) is 0 Å². The van der Waals surface area contributed by atoms with E-state index >= 15 is 0 Å². The Morgan fingerprint density at radius 2 is 2.10 bits per heavy atom. The number of thiazole rings is 1. The monoisotopic (exact) mass is 291 g/mol. The molecule has 1 aromatic carbocycles. The van der Waals surface area contributed by atoms with Crippen molar-refractivity contribution in [1.29, 1.82) is 0 Å². The molecule has 0 aliphatic carbocycles. The zero-order valence-corrected chi connectivity index (χ0v) is 12.4. The first kappa shape index (κ1) is 14.7. The molecule has 0 saturated carbocycles. The van der Waals surface area contributed by atoms with Crippen LogP contribution in [-0.2, 0) is 20.9 Å². The summed E-state index contributed by atoms with van der Waals surface area (Å²) in [4.78, 5) is 16.2. The predicted octanol–water partition coefficient (Wildman–Crippen LogP) is 3.25. The summed E-state index contributed by atoms with van der Waals surface area (Å²) in [6.45, 7) is 5.50. The number of benzene rings is 1. The summed E-state index contributed by atoms with van der Waals surface area (Å²) in [5.41, 5.74) is 1.81. The zero-order chi connectivity index (χ0) is 14.4. The van der Waals surface area contributed by atoms with Crippen molar-refractivity contribution in [3.05, 3.63) is 51.5 Å². The number of hydrogen-bond acceptors (Lipinski definition) is 5. The Labute approximate surface area is 122 Å². The molecule has 5 heteroatoms. The molecule has 0 amide bonds. The molecule has 2 rings (SSSR count). The van der Waals surface area contributed by atoms with Gasteiger partial charge < -0.3 is 9.47 Å². The first-order valence-electron chi connectivity index (χ1n) is 6.44. The number of ether oxygens (including phenoxy) is 2. The number of aromatic nitrogens is 1. The third-order valence-electron chi connectivity index (χ3n) is 2.84. The summed E-state index contributed by atoms with van der Waals surface area (Å²) >= 11 is 1.52. The highest BCUT2D eigenvalue weighted by atomic mass is 32.1. The first-order chi connectivity index (χ1) is 9.76. The van der Waals surface area contributed by atoms with Gasteiger partial charge in [0, 0.05) is 6.61 Å². The van der Waals surface area contributed by atoms with E-state index in [-0.39, 0.29) is 0 Å². The number of aryl methyl sites for hydroxylation is 1. The van der Waals surface area contributed by atoms with E-state index in [2.05, 4.69) is 4.98 Å². The van der Waals surface area contributed by atoms with Crippen molar-refractivity contribution in [3.63, 3.8) is 0 Å². The van der Waals surface area contributed by atoms with Crippen molar-refractivity contribution in [2.75, 3.05) is 6.61 Å². The summed E-state index contributed by atoms with van der Waals surface area (Å²) in [6, 6.07) is 9.66. The topological polar surface area (TPSA) is 48.4 Å². The van der Waals surface area contributed by atoms with Gasteiger partial charge in [0.25, 0.3) is 6.47 Å². The maximum absolute atomic E-state index is 10.8. The van der Waals surface area contributed by atoms with Gasteiger partial charge >= 0.3 is 0 Å². The lowest BCUT2D eigenvalue weighted by atomic mass is 10.1. The number of nitrogens with zero attached hydrogens (tertiary/aromatic N) is 1. The van der Waals surface area contributed by atoms with E-state index in [0.29, 0.717) is 19.7 Å². The maximum atomic E-state index is 10.8. The average Bonchev–Trinajstić information content (AvgIpc) is 2.84. The molecule has 0 aliphatic heterocycles. The summed E-state index contributed by atoms with van der Waals surface area (Å²) in [5, 5.41) is 0.898. The highest BCUT2D eigenvalue weighted by Crippen LogP contribution is 2.32. The van der Waals surface area contributed by atoms with Gasteiger partial charge in [-0.05, 0) is 19.4 Å². The molecular weight excluding hydrogens is 274 g/mol. The van der Waals surface area contributed by atoms with Gasteiger partial charge in [0.2, 0.25) is 0 Å². The molecule has 0 spiro atoms. The zero-order valence-electron chi connectivity index (χ0n) is 11.5. The van der Waals surface area contributed by atoms with Crippen molar-refractivity contribution in [1.82, 2.24) is 4.98 Å². The van der Waals surface area contributed by atoms with Gasteiger partial charge in [-0.2, -0.15) is 0 Å².